The van der Waals surface area contributed by atoms with E-state index in [1.54, 1.807) is 0 Å². The Morgan fingerprint density at radius 2 is 2.31 bits per heavy atom. The van der Waals surface area contributed by atoms with E-state index >= 15 is 0 Å². The van der Waals surface area contributed by atoms with Gasteiger partial charge in [-0.05, 0) is 17.7 Å². The molecule has 1 aliphatic heterocycles. The molecular weight excluding hydrogens is 268 g/mol. The maximum Gasteiger partial charge on any atom is 0.0716 e. The molecule has 0 bridgehead atoms. The topological polar surface area (TPSA) is 44.3 Å². The predicted octanol–water partition coefficient (Wildman–Crippen LogP) is 1.12. The average Bonchev–Trinajstić information content (AvgIpc) is 2.65. The van der Waals surface area contributed by atoms with Crippen molar-refractivity contribution in [2.45, 2.75) is 12.6 Å². The van der Waals surface area contributed by atoms with Gasteiger partial charge in [0, 0.05) is 36.6 Å². The van der Waals surface area contributed by atoms with Gasteiger partial charge in [-0.3, -0.25) is 0 Å². The zero-order chi connectivity index (χ0) is 11.4. The number of rotatable bonds is 4. The van der Waals surface area contributed by atoms with E-state index in [-0.39, 0.29) is 6.10 Å². The summed E-state index contributed by atoms with van der Waals surface area (Å²) in [6.07, 6.45) is -0.199. The summed E-state index contributed by atoms with van der Waals surface area (Å²) in [4.78, 5) is 0. The summed E-state index contributed by atoms with van der Waals surface area (Å²) in [5.41, 5.74) is 1.26. The van der Waals surface area contributed by atoms with E-state index < -0.39 is 0 Å². The number of hydrogen-bond donors (Lipinski definition) is 3. The number of aliphatic hydroxyl groups excluding tert-OH is 1. The van der Waals surface area contributed by atoms with E-state index in [1.807, 2.05) is 12.1 Å². The second kappa shape index (κ2) is 5.77. The van der Waals surface area contributed by atoms with Crippen molar-refractivity contribution in [1.29, 1.82) is 0 Å². The van der Waals surface area contributed by atoms with Crippen LogP contribution in [0.1, 0.15) is 5.56 Å². The zero-order valence-corrected chi connectivity index (χ0v) is 10.7. The van der Waals surface area contributed by atoms with Crippen LogP contribution in [0.5, 0.6) is 0 Å². The van der Waals surface area contributed by atoms with Crippen LogP contribution in [0.2, 0.25) is 0 Å². The van der Waals surface area contributed by atoms with Crippen molar-refractivity contribution in [2.75, 3.05) is 19.6 Å². The number of aliphatic hydroxyl groups is 1. The molecule has 1 heterocycles. The molecule has 1 aromatic rings. The maximum atomic E-state index is 9.62. The van der Waals surface area contributed by atoms with Crippen LogP contribution in [0.15, 0.2) is 28.7 Å². The summed E-state index contributed by atoms with van der Waals surface area (Å²) in [5, 5.41) is 16.2. The molecule has 1 aromatic carbocycles. The molecule has 16 heavy (non-hydrogen) atoms. The van der Waals surface area contributed by atoms with Crippen molar-refractivity contribution in [3.05, 3.63) is 34.3 Å². The van der Waals surface area contributed by atoms with Gasteiger partial charge in [0.05, 0.1) is 6.10 Å². The van der Waals surface area contributed by atoms with Crippen LogP contribution in [-0.2, 0) is 6.54 Å². The molecule has 88 valence electrons. The Morgan fingerprint density at radius 1 is 1.44 bits per heavy atom. The molecule has 0 aliphatic carbocycles. The van der Waals surface area contributed by atoms with Gasteiger partial charge in [-0.1, -0.05) is 28.1 Å². The van der Waals surface area contributed by atoms with Gasteiger partial charge in [-0.25, -0.2) is 0 Å². The highest BCUT2D eigenvalue weighted by Gasteiger charge is 2.23. The van der Waals surface area contributed by atoms with Gasteiger partial charge in [-0.15, -0.1) is 0 Å². The summed E-state index contributed by atoms with van der Waals surface area (Å²) in [6, 6.07) is 8.26. The Hall–Kier alpha value is -0.420. The van der Waals surface area contributed by atoms with Crippen LogP contribution in [0.3, 0.4) is 0 Å². The number of β-amino-alcohol motifs (C(OH)–C–C–N with tert-alkyl or cyclic N) is 1. The van der Waals surface area contributed by atoms with Gasteiger partial charge in [-0.2, -0.15) is 0 Å². The smallest absolute Gasteiger partial charge is 0.0716 e. The van der Waals surface area contributed by atoms with Crippen LogP contribution in [0.4, 0.5) is 0 Å². The molecule has 0 spiro atoms. The fourth-order valence-corrected chi connectivity index (χ4v) is 2.42. The molecule has 3 N–H and O–H groups in total. The number of hydrogen-bond acceptors (Lipinski definition) is 3. The van der Waals surface area contributed by atoms with Gasteiger partial charge < -0.3 is 15.7 Å². The molecule has 3 nitrogen and oxygen atoms in total. The third-order valence-corrected chi connectivity index (χ3v) is 3.42. The molecule has 1 fully saturated rings. The van der Waals surface area contributed by atoms with Crippen molar-refractivity contribution >= 4 is 15.9 Å². The third kappa shape index (κ3) is 3.28. The maximum absolute atomic E-state index is 9.62. The molecule has 0 amide bonds. The van der Waals surface area contributed by atoms with E-state index in [1.165, 1.54) is 5.56 Å². The lowest BCUT2D eigenvalue weighted by atomic mass is 10.1. The quantitative estimate of drug-likeness (QED) is 0.777. The second-order valence-corrected chi connectivity index (χ2v) is 5.16. The average molecular weight is 285 g/mol. The molecule has 1 saturated heterocycles. The largest absolute Gasteiger partial charge is 0.391 e. The van der Waals surface area contributed by atoms with Crippen molar-refractivity contribution < 1.29 is 5.11 Å². The van der Waals surface area contributed by atoms with Crippen LogP contribution >= 0.6 is 15.9 Å². The Morgan fingerprint density at radius 3 is 3.00 bits per heavy atom. The highest BCUT2D eigenvalue weighted by molar-refractivity contribution is 9.10. The molecule has 0 aromatic heterocycles. The number of benzene rings is 1. The number of halogens is 1. The summed E-state index contributed by atoms with van der Waals surface area (Å²) < 4.78 is 1.11. The van der Waals surface area contributed by atoms with E-state index in [0.29, 0.717) is 5.92 Å². The highest BCUT2D eigenvalue weighted by Crippen LogP contribution is 2.12. The van der Waals surface area contributed by atoms with Crippen LogP contribution < -0.4 is 10.6 Å². The van der Waals surface area contributed by atoms with E-state index in [9.17, 15) is 5.11 Å². The van der Waals surface area contributed by atoms with Gasteiger partial charge in [0.2, 0.25) is 0 Å². The van der Waals surface area contributed by atoms with Crippen molar-refractivity contribution in [1.82, 2.24) is 10.6 Å². The standard InChI is InChI=1S/C12H17BrN2O/c13-11-3-1-2-9(4-11)5-14-6-10-7-15-8-12(10)16/h1-4,10,12,14-16H,5-8H2. The summed E-state index contributed by atoms with van der Waals surface area (Å²) >= 11 is 3.45. The first-order valence-corrected chi connectivity index (χ1v) is 6.39. The molecule has 2 unspecified atom stereocenters. The monoisotopic (exact) mass is 284 g/mol. The lowest BCUT2D eigenvalue weighted by molar-refractivity contribution is 0.146. The second-order valence-electron chi connectivity index (χ2n) is 4.25. The third-order valence-electron chi connectivity index (χ3n) is 2.93. The fourth-order valence-electron chi connectivity index (χ4n) is 1.98. The summed E-state index contributed by atoms with van der Waals surface area (Å²) in [6.45, 7) is 3.35. The van der Waals surface area contributed by atoms with E-state index in [0.717, 1.165) is 30.7 Å². The van der Waals surface area contributed by atoms with Crippen molar-refractivity contribution in [3.63, 3.8) is 0 Å². The van der Waals surface area contributed by atoms with Crippen molar-refractivity contribution in [2.24, 2.45) is 5.92 Å². The first-order chi connectivity index (χ1) is 7.75. The summed E-state index contributed by atoms with van der Waals surface area (Å²) in [7, 11) is 0. The molecule has 0 saturated carbocycles. The van der Waals surface area contributed by atoms with Crippen LogP contribution in [0, 0.1) is 5.92 Å². The predicted molar refractivity (Wildman–Crippen MR) is 68.2 cm³/mol. The number of nitrogens with one attached hydrogen (secondary N) is 2. The molecular formula is C12H17BrN2O. The minimum Gasteiger partial charge on any atom is -0.391 e. The molecule has 2 rings (SSSR count). The first kappa shape index (κ1) is 12.0. The van der Waals surface area contributed by atoms with Gasteiger partial charge >= 0.3 is 0 Å². The van der Waals surface area contributed by atoms with Gasteiger partial charge in [0.1, 0.15) is 0 Å². The van der Waals surface area contributed by atoms with E-state index in [4.69, 9.17) is 0 Å². The van der Waals surface area contributed by atoms with Gasteiger partial charge in [0.25, 0.3) is 0 Å². The van der Waals surface area contributed by atoms with Gasteiger partial charge in [0.15, 0.2) is 0 Å². The molecule has 4 heteroatoms. The zero-order valence-electron chi connectivity index (χ0n) is 9.12. The molecule has 0 radical (unpaired) electrons. The molecule has 2 atom stereocenters. The lowest BCUT2D eigenvalue weighted by Crippen LogP contribution is -2.30. The highest BCUT2D eigenvalue weighted by atomic mass is 79.9. The fraction of sp³-hybridized carbons (Fsp3) is 0.500. The SMILES string of the molecule is OC1CNCC1CNCc1cccc(Br)c1. The van der Waals surface area contributed by atoms with E-state index in [2.05, 4.69) is 38.7 Å². The molecule has 1 aliphatic rings. The minimum atomic E-state index is -0.199. The van der Waals surface area contributed by atoms with Crippen molar-refractivity contribution in [3.8, 4) is 0 Å². The minimum absolute atomic E-state index is 0.199. The summed E-state index contributed by atoms with van der Waals surface area (Å²) in [5.74, 6) is 0.340. The Bertz CT molecular complexity index is 346. The van der Waals surface area contributed by atoms with Crippen LogP contribution in [0.25, 0.3) is 0 Å². The Labute approximate surface area is 104 Å². The first-order valence-electron chi connectivity index (χ1n) is 5.59. The lowest BCUT2D eigenvalue weighted by Gasteiger charge is -2.14. The van der Waals surface area contributed by atoms with Crippen LogP contribution in [-0.4, -0.2) is 30.8 Å². The normalized spacial score (nSPS) is 24.9. The Kier molecular flexibility index (Phi) is 4.35. The Balaban J connectivity index is 1.75.